The van der Waals surface area contributed by atoms with Gasteiger partial charge in [-0.15, -0.1) is 6.42 Å². The van der Waals surface area contributed by atoms with Crippen molar-refractivity contribution in [1.82, 2.24) is 0 Å². The number of aliphatic hydroxyl groups is 1. The molecule has 0 radical (unpaired) electrons. The molecule has 0 saturated heterocycles. The first-order valence-electron chi connectivity index (χ1n) is 4.37. The van der Waals surface area contributed by atoms with E-state index in [4.69, 9.17) is 16.3 Å². The number of halogens is 3. The van der Waals surface area contributed by atoms with Gasteiger partial charge in [0.05, 0.1) is 5.56 Å². The Bertz CT molecular complexity index is 393. The Hall–Kier alpha value is -1.67. The molecular weight excluding hydrogens is 221 g/mol. The second kappa shape index (κ2) is 4.90. The van der Waals surface area contributed by atoms with Crippen LogP contribution in [0.15, 0.2) is 24.3 Å². The maximum Gasteiger partial charge on any atom is 0.416 e. The zero-order valence-electron chi connectivity index (χ0n) is 8.16. The summed E-state index contributed by atoms with van der Waals surface area (Å²) in [5, 5.41) is 8.97. The van der Waals surface area contributed by atoms with E-state index in [9.17, 15) is 13.2 Å². The molecule has 0 spiro atoms. The molecular formula is C11H9F3O2. The van der Waals surface area contributed by atoms with Crippen molar-refractivity contribution < 1.29 is 23.0 Å². The quantitative estimate of drug-likeness (QED) is 0.805. The van der Waals surface area contributed by atoms with Crippen molar-refractivity contribution in [3.05, 3.63) is 29.8 Å². The van der Waals surface area contributed by atoms with Gasteiger partial charge in [0, 0.05) is 0 Å². The maximum atomic E-state index is 12.3. The maximum absolute atomic E-state index is 12.3. The third-order valence-corrected chi connectivity index (χ3v) is 1.76. The SMILES string of the molecule is C#CC(O)COc1cccc(C(F)(F)F)c1. The van der Waals surface area contributed by atoms with Gasteiger partial charge >= 0.3 is 6.18 Å². The van der Waals surface area contributed by atoms with E-state index in [0.717, 1.165) is 12.1 Å². The zero-order valence-corrected chi connectivity index (χ0v) is 8.16. The predicted molar refractivity (Wildman–Crippen MR) is 51.8 cm³/mol. The molecule has 0 aliphatic rings. The van der Waals surface area contributed by atoms with Gasteiger partial charge < -0.3 is 9.84 Å². The van der Waals surface area contributed by atoms with Crippen LogP contribution >= 0.6 is 0 Å². The van der Waals surface area contributed by atoms with E-state index < -0.39 is 17.8 Å². The number of rotatable bonds is 3. The smallest absolute Gasteiger partial charge is 0.416 e. The molecule has 1 aromatic rings. The van der Waals surface area contributed by atoms with Crippen LogP contribution in [0.4, 0.5) is 13.2 Å². The molecule has 86 valence electrons. The number of alkyl halides is 3. The van der Waals surface area contributed by atoms with Gasteiger partial charge in [0.25, 0.3) is 0 Å². The summed E-state index contributed by atoms with van der Waals surface area (Å²) >= 11 is 0. The highest BCUT2D eigenvalue weighted by atomic mass is 19.4. The first-order chi connectivity index (χ1) is 7.43. The standard InChI is InChI=1S/C11H9F3O2/c1-2-9(15)7-16-10-5-3-4-8(6-10)11(12,13)14/h1,3-6,9,15H,7H2. The van der Waals surface area contributed by atoms with Gasteiger partial charge in [-0.25, -0.2) is 0 Å². The Balaban J connectivity index is 2.73. The molecule has 1 unspecified atom stereocenters. The summed E-state index contributed by atoms with van der Waals surface area (Å²) in [4.78, 5) is 0. The molecule has 0 heterocycles. The van der Waals surface area contributed by atoms with Gasteiger partial charge in [-0.1, -0.05) is 12.0 Å². The molecule has 5 heteroatoms. The largest absolute Gasteiger partial charge is 0.490 e. The van der Waals surface area contributed by atoms with Gasteiger partial charge in [0.1, 0.15) is 18.5 Å². The summed E-state index contributed by atoms with van der Waals surface area (Å²) in [6.45, 7) is -0.238. The summed E-state index contributed by atoms with van der Waals surface area (Å²) in [5.41, 5.74) is -0.805. The van der Waals surface area contributed by atoms with Crippen molar-refractivity contribution in [2.75, 3.05) is 6.61 Å². The van der Waals surface area contributed by atoms with Crippen molar-refractivity contribution >= 4 is 0 Å². The fourth-order valence-electron chi connectivity index (χ4n) is 0.985. The fourth-order valence-corrected chi connectivity index (χ4v) is 0.985. The highest BCUT2D eigenvalue weighted by Gasteiger charge is 2.30. The van der Waals surface area contributed by atoms with Gasteiger partial charge in [0.15, 0.2) is 0 Å². The average Bonchev–Trinajstić information content (AvgIpc) is 2.25. The van der Waals surface area contributed by atoms with E-state index in [1.54, 1.807) is 0 Å². The lowest BCUT2D eigenvalue weighted by molar-refractivity contribution is -0.137. The number of ether oxygens (including phenoxy) is 1. The van der Waals surface area contributed by atoms with E-state index in [0.29, 0.717) is 0 Å². The Kier molecular flexibility index (Phi) is 3.80. The Morgan fingerprint density at radius 1 is 1.44 bits per heavy atom. The molecule has 0 bridgehead atoms. The lowest BCUT2D eigenvalue weighted by atomic mass is 10.2. The Morgan fingerprint density at radius 3 is 2.69 bits per heavy atom. The third-order valence-electron chi connectivity index (χ3n) is 1.76. The van der Waals surface area contributed by atoms with Crippen LogP contribution in [0.2, 0.25) is 0 Å². The van der Waals surface area contributed by atoms with Crippen LogP contribution in [0.1, 0.15) is 5.56 Å². The Morgan fingerprint density at radius 2 is 2.12 bits per heavy atom. The number of benzene rings is 1. The summed E-state index contributed by atoms with van der Waals surface area (Å²) in [6.07, 6.45) is -0.667. The van der Waals surface area contributed by atoms with Crippen LogP contribution in [0.3, 0.4) is 0 Å². The molecule has 0 fully saturated rings. The minimum atomic E-state index is -4.41. The molecule has 0 amide bonds. The summed E-state index contributed by atoms with van der Waals surface area (Å²) in [7, 11) is 0. The zero-order chi connectivity index (χ0) is 12.2. The molecule has 0 saturated carbocycles. The first kappa shape index (κ1) is 12.4. The summed E-state index contributed by atoms with van der Waals surface area (Å²) in [6, 6.07) is 4.37. The summed E-state index contributed by atoms with van der Waals surface area (Å²) in [5.74, 6) is 2.01. The predicted octanol–water partition coefficient (Wildman–Crippen LogP) is 2.08. The van der Waals surface area contributed by atoms with Crippen molar-refractivity contribution in [3.63, 3.8) is 0 Å². The molecule has 1 rings (SSSR count). The van der Waals surface area contributed by atoms with Crippen LogP contribution in [0, 0.1) is 12.3 Å². The van der Waals surface area contributed by atoms with Gasteiger partial charge in [-0.05, 0) is 18.2 Å². The number of hydrogen-bond donors (Lipinski definition) is 1. The first-order valence-corrected chi connectivity index (χ1v) is 4.37. The highest BCUT2D eigenvalue weighted by molar-refractivity contribution is 5.30. The minimum absolute atomic E-state index is 0.0177. The number of aliphatic hydroxyl groups excluding tert-OH is 1. The topological polar surface area (TPSA) is 29.5 Å². The molecule has 0 aliphatic heterocycles. The lowest BCUT2D eigenvalue weighted by Crippen LogP contribution is -2.15. The molecule has 2 nitrogen and oxygen atoms in total. The van der Waals surface area contributed by atoms with Crippen molar-refractivity contribution in [2.45, 2.75) is 12.3 Å². The van der Waals surface area contributed by atoms with Crippen LogP contribution in [-0.4, -0.2) is 17.8 Å². The van der Waals surface area contributed by atoms with Gasteiger partial charge in [-0.3, -0.25) is 0 Å². The normalized spacial score (nSPS) is 12.9. The van der Waals surface area contributed by atoms with Crippen LogP contribution in [-0.2, 0) is 6.18 Å². The highest BCUT2D eigenvalue weighted by Crippen LogP contribution is 2.31. The Labute approximate surface area is 90.7 Å². The molecule has 0 aliphatic carbocycles. The monoisotopic (exact) mass is 230 g/mol. The lowest BCUT2D eigenvalue weighted by Gasteiger charge is -2.10. The van der Waals surface area contributed by atoms with Crippen molar-refractivity contribution in [1.29, 1.82) is 0 Å². The average molecular weight is 230 g/mol. The van der Waals surface area contributed by atoms with E-state index in [1.807, 2.05) is 5.92 Å². The molecule has 0 aromatic heterocycles. The molecule has 1 aromatic carbocycles. The van der Waals surface area contributed by atoms with Gasteiger partial charge in [-0.2, -0.15) is 13.2 Å². The second-order valence-electron chi connectivity index (χ2n) is 3.02. The van der Waals surface area contributed by atoms with Crippen molar-refractivity contribution in [2.24, 2.45) is 0 Å². The van der Waals surface area contributed by atoms with Crippen LogP contribution in [0.25, 0.3) is 0 Å². The summed E-state index contributed by atoms with van der Waals surface area (Å²) < 4.78 is 41.8. The third kappa shape index (κ3) is 3.48. The minimum Gasteiger partial charge on any atom is -0.490 e. The van der Waals surface area contributed by atoms with E-state index in [-0.39, 0.29) is 12.4 Å². The van der Waals surface area contributed by atoms with Crippen LogP contribution < -0.4 is 4.74 Å². The van der Waals surface area contributed by atoms with Gasteiger partial charge in [0.2, 0.25) is 0 Å². The van der Waals surface area contributed by atoms with E-state index >= 15 is 0 Å². The van der Waals surface area contributed by atoms with E-state index in [2.05, 4.69) is 0 Å². The van der Waals surface area contributed by atoms with Crippen LogP contribution in [0.5, 0.6) is 5.75 Å². The second-order valence-corrected chi connectivity index (χ2v) is 3.02. The van der Waals surface area contributed by atoms with E-state index in [1.165, 1.54) is 12.1 Å². The number of terminal acetylenes is 1. The van der Waals surface area contributed by atoms with Crippen molar-refractivity contribution in [3.8, 4) is 18.1 Å². The molecule has 1 N–H and O–H groups in total. The number of hydrogen-bond acceptors (Lipinski definition) is 2. The molecule has 16 heavy (non-hydrogen) atoms. The molecule has 1 atom stereocenters. The fraction of sp³-hybridized carbons (Fsp3) is 0.273.